The van der Waals surface area contributed by atoms with Gasteiger partial charge in [-0.3, -0.25) is 4.79 Å². The number of nitrogens with zero attached hydrogens (tertiary/aromatic N) is 2. The Bertz CT molecular complexity index is 654. The lowest BCUT2D eigenvalue weighted by Crippen LogP contribution is -2.38. The van der Waals surface area contributed by atoms with Crippen molar-refractivity contribution in [3.05, 3.63) is 41.7 Å². The number of fused-ring (bicyclic) bond motifs is 1. The Morgan fingerprint density at radius 2 is 2.13 bits per heavy atom. The minimum Gasteiger partial charge on any atom is -0.382 e. The van der Waals surface area contributed by atoms with Crippen molar-refractivity contribution in [3.8, 4) is 11.4 Å². The summed E-state index contributed by atoms with van der Waals surface area (Å²) in [4.78, 5) is 22.0. The number of H-pyrrole nitrogens is 1. The number of hydrogen-bond acceptors (Lipinski definition) is 4. The lowest BCUT2D eigenvalue weighted by molar-refractivity contribution is -0.137. The summed E-state index contributed by atoms with van der Waals surface area (Å²) in [7, 11) is 1.61. The smallest absolute Gasteiger partial charge is 0.248 e. The van der Waals surface area contributed by atoms with E-state index in [-0.39, 0.29) is 12.5 Å². The van der Waals surface area contributed by atoms with Crippen molar-refractivity contribution in [1.29, 1.82) is 0 Å². The maximum atomic E-state index is 12.2. The fourth-order valence-electron chi connectivity index (χ4n) is 2.63. The van der Waals surface area contributed by atoms with Crippen molar-refractivity contribution in [2.45, 2.75) is 13.0 Å². The topological polar surface area (TPSA) is 67.5 Å². The number of aromatic nitrogens is 2. The molecule has 2 heterocycles. The lowest BCUT2D eigenvalue weighted by atomic mass is 10.1. The monoisotopic (exact) mass is 315 g/mol. The van der Waals surface area contributed by atoms with Crippen molar-refractivity contribution in [3.63, 3.8) is 0 Å². The number of benzene rings is 1. The molecule has 1 N–H and O–H groups in total. The second-order valence-electron chi connectivity index (χ2n) is 5.49. The number of carbonyl (C=O) groups excluding carboxylic acids is 1. The second-order valence-corrected chi connectivity index (χ2v) is 5.49. The van der Waals surface area contributed by atoms with Crippen LogP contribution in [0.1, 0.15) is 11.4 Å². The number of rotatable bonds is 6. The molecule has 0 saturated carbocycles. The molecular weight excluding hydrogens is 294 g/mol. The van der Waals surface area contributed by atoms with Gasteiger partial charge in [-0.2, -0.15) is 0 Å². The van der Waals surface area contributed by atoms with E-state index in [0.717, 1.165) is 29.2 Å². The van der Waals surface area contributed by atoms with Crippen molar-refractivity contribution in [2.24, 2.45) is 0 Å². The number of hydrogen-bond donors (Lipinski definition) is 1. The van der Waals surface area contributed by atoms with Gasteiger partial charge < -0.3 is 19.4 Å². The molecule has 1 amide bonds. The van der Waals surface area contributed by atoms with E-state index in [1.807, 2.05) is 35.2 Å². The molecule has 23 heavy (non-hydrogen) atoms. The molecule has 1 aromatic heterocycles. The van der Waals surface area contributed by atoms with Gasteiger partial charge in [0.05, 0.1) is 31.1 Å². The second kappa shape index (κ2) is 7.39. The van der Waals surface area contributed by atoms with Crippen LogP contribution in [0.3, 0.4) is 0 Å². The van der Waals surface area contributed by atoms with E-state index in [1.165, 1.54) is 0 Å². The van der Waals surface area contributed by atoms with Crippen LogP contribution in [0, 0.1) is 0 Å². The molecule has 2 aromatic rings. The molecule has 6 heteroatoms. The molecule has 1 aliphatic rings. The molecule has 0 fully saturated rings. The first-order valence-corrected chi connectivity index (χ1v) is 7.75. The van der Waals surface area contributed by atoms with Gasteiger partial charge >= 0.3 is 0 Å². The van der Waals surface area contributed by atoms with E-state index >= 15 is 0 Å². The number of carbonyl (C=O) groups is 1. The summed E-state index contributed by atoms with van der Waals surface area (Å²) >= 11 is 0. The van der Waals surface area contributed by atoms with E-state index in [4.69, 9.17) is 9.47 Å². The van der Waals surface area contributed by atoms with Crippen LogP contribution in [-0.2, 0) is 27.2 Å². The molecular formula is C17H21N3O3. The Labute approximate surface area is 135 Å². The van der Waals surface area contributed by atoms with Crippen molar-refractivity contribution in [2.75, 3.05) is 33.5 Å². The lowest BCUT2D eigenvalue weighted by Gasteiger charge is -2.26. The highest BCUT2D eigenvalue weighted by molar-refractivity contribution is 5.77. The molecule has 0 atom stereocenters. The third-order valence-corrected chi connectivity index (χ3v) is 3.89. The quantitative estimate of drug-likeness (QED) is 0.823. The zero-order valence-electron chi connectivity index (χ0n) is 13.2. The van der Waals surface area contributed by atoms with Crippen LogP contribution < -0.4 is 0 Å². The zero-order chi connectivity index (χ0) is 16.1. The van der Waals surface area contributed by atoms with Crippen molar-refractivity contribution in [1.82, 2.24) is 14.9 Å². The Morgan fingerprint density at radius 3 is 2.91 bits per heavy atom. The van der Waals surface area contributed by atoms with Gasteiger partial charge in [0.1, 0.15) is 12.4 Å². The molecule has 0 aliphatic carbocycles. The molecule has 6 nitrogen and oxygen atoms in total. The maximum absolute atomic E-state index is 12.2. The van der Waals surface area contributed by atoms with Gasteiger partial charge in [-0.05, 0) is 0 Å². The van der Waals surface area contributed by atoms with E-state index < -0.39 is 0 Å². The van der Waals surface area contributed by atoms with Crippen molar-refractivity contribution >= 4 is 5.91 Å². The molecule has 0 spiro atoms. The van der Waals surface area contributed by atoms with Gasteiger partial charge in [-0.25, -0.2) is 4.98 Å². The number of ether oxygens (including phenoxy) is 2. The summed E-state index contributed by atoms with van der Waals surface area (Å²) in [6, 6.07) is 10.0. The Morgan fingerprint density at radius 1 is 1.30 bits per heavy atom. The first-order valence-electron chi connectivity index (χ1n) is 7.75. The largest absolute Gasteiger partial charge is 0.382 e. The van der Waals surface area contributed by atoms with Crippen LogP contribution in [0.15, 0.2) is 30.3 Å². The molecule has 122 valence electrons. The van der Waals surface area contributed by atoms with Crippen LogP contribution in [0.4, 0.5) is 0 Å². The zero-order valence-corrected chi connectivity index (χ0v) is 13.2. The third kappa shape index (κ3) is 3.78. The molecule has 0 unspecified atom stereocenters. The molecule has 3 rings (SSSR count). The molecule has 1 aromatic carbocycles. The molecule has 0 saturated heterocycles. The van der Waals surface area contributed by atoms with Crippen LogP contribution in [0.25, 0.3) is 11.4 Å². The minimum atomic E-state index is 0.00242. The van der Waals surface area contributed by atoms with E-state index in [0.29, 0.717) is 26.3 Å². The average molecular weight is 315 g/mol. The number of amides is 1. The van der Waals surface area contributed by atoms with Gasteiger partial charge in [0.2, 0.25) is 5.91 Å². The summed E-state index contributed by atoms with van der Waals surface area (Å²) in [5.41, 5.74) is 3.12. The third-order valence-electron chi connectivity index (χ3n) is 3.89. The van der Waals surface area contributed by atoms with Crippen LogP contribution in [0.2, 0.25) is 0 Å². The van der Waals surface area contributed by atoms with Crippen molar-refractivity contribution < 1.29 is 14.3 Å². The van der Waals surface area contributed by atoms with Gasteiger partial charge in [-0.1, -0.05) is 30.3 Å². The van der Waals surface area contributed by atoms with Crippen LogP contribution in [-0.4, -0.2) is 54.3 Å². The minimum absolute atomic E-state index is 0.00242. The van der Waals surface area contributed by atoms with E-state index in [2.05, 4.69) is 9.97 Å². The predicted octanol–water partition coefficient (Wildman–Crippen LogP) is 1.62. The Balaban J connectivity index is 1.62. The predicted molar refractivity (Wildman–Crippen MR) is 85.8 cm³/mol. The highest BCUT2D eigenvalue weighted by Gasteiger charge is 2.23. The Kier molecular flexibility index (Phi) is 5.05. The van der Waals surface area contributed by atoms with E-state index in [9.17, 15) is 4.79 Å². The van der Waals surface area contributed by atoms with Crippen LogP contribution >= 0.6 is 0 Å². The first-order chi connectivity index (χ1) is 11.3. The van der Waals surface area contributed by atoms with Gasteiger partial charge in [0.25, 0.3) is 0 Å². The molecule has 0 bridgehead atoms. The fraction of sp³-hybridized carbons (Fsp3) is 0.412. The summed E-state index contributed by atoms with van der Waals surface area (Å²) < 4.78 is 10.2. The molecule has 1 aliphatic heterocycles. The Hall–Kier alpha value is -2.18. The highest BCUT2D eigenvalue weighted by atomic mass is 16.5. The summed E-state index contributed by atoms with van der Waals surface area (Å²) in [5, 5.41) is 0. The fourth-order valence-corrected chi connectivity index (χ4v) is 2.63. The summed E-state index contributed by atoms with van der Waals surface area (Å²) in [6.45, 7) is 2.26. The number of imidazole rings is 1. The average Bonchev–Trinajstić information content (AvgIpc) is 3.02. The van der Waals surface area contributed by atoms with Gasteiger partial charge in [0.15, 0.2) is 0 Å². The normalized spacial score (nSPS) is 13.9. The maximum Gasteiger partial charge on any atom is 0.248 e. The van der Waals surface area contributed by atoms with E-state index in [1.54, 1.807) is 7.11 Å². The van der Waals surface area contributed by atoms with Gasteiger partial charge in [0, 0.05) is 25.6 Å². The first kappa shape index (κ1) is 15.7. The number of nitrogens with one attached hydrogen (secondary N) is 1. The summed E-state index contributed by atoms with van der Waals surface area (Å²) in [5.74, 6) is 0.865. The highest BCUT2D eigenvalue weighted by Crippen LogP contribution is 2.22. The molecule has 0 radical (unpaired) electrons. The number of aromatic amines is 1. The van der Waals surface area contributed by atoms with Gasteiger partial charge in [-0.15, -0.1) is 0 Å². The van der Waals surface area contributed by atoms with Crippen LogP contribution in [0.5, 0.6) is 0 Å². The SMILES string of the molecule is COCCOCC(=O)N1CCc2nc(-c3ccccc3)[nH]c2C1. The summed E-state index contributed by atoms with van der Waals surface area (Å²) in [6.07, 6.45) is 0.766. The standard InChI is InChI=1S/C17H21N3O3/c1-22-9-10-23-12-16(21)20-8-7-14-15(11-20)19-17(18-14)13-5-3-2-4-6-13/h2-6H,7-12H2,1H3,(H,18,19). The number of methoxy groups -OCH3 is 1.